The van der Waals surface area contributed by atoms with Crippen molar-refractivity contribution in [2.75, 3.05) is 13.6 Å². The highest BCUT2D eigenvalue weighted by Gasteiger charge is 2.15. The van der Waals surface area contributed by atoms with Crippen molar-refractivity contribution in [2.45, 2.75) is 32.2 Å². The molecule has 0 aliphatic heterocycles. The van der Waals surface area contributed by atoms with E-state index >= 15 is 0 Å². The smallest absolute Gasteiger partial charge is 0.303 e. The molecule has 0 aliphatic rings. The predicted molar refractivity (Wildman–Crippen MR) is 52.8 cm³/mol. The summed E-state index contributed by atoms with van der Waals surface area (Å²) in [5.74, 6) is -0.969. The Balaban J connectivity index is 3.78. The number of carbonyl (C=O) groups is 2. The minimum Gasteiger partial charge on any atom is -0.481 e. The molecule has 1 atom stereocenters. The molecule has 0 aromatic rings. The van der Waals surface area contributed by atoms with Crippen LogP contribution in [-0.4, -0.2) is 41.5 Å². The molecular weight excluding hydrogens is 184 g/mol. The van der Waals surface area contributed by atoms with Crippen molar-refractivity contribution in [1.29, 1.82) is 0 Å². The first kappa shape index (κ1) is 12.9. The summed E-state index contributed by atoms with van der Waals surface area (Å²) in [6, 6.07) is -0.468. The first-order valence-electron chi connectivity index (χ1n) is 4.71. The van der Waals surface area contributed by atoms with E-state index in [2.05, 4.69) is 0 Å². The molecule has 0 unspecified atom stereocenters. The number of carboxylic acids is 1. The number of nitrogens with zero attached hydrogens (tertiary/aromatic N) is 1. The van der Waals surface area contributed by atoms with Crippen molar-refractivity contribution in [1.82, 2.24) is 4.90 Å². The summed E-state index contributed by atoms with van der Waals surface area (Å²) in [6.07, 6.45) is 1.15. The molecule has 0 fully saturated rings. The maximum Gasteiger partial charge on any atom is 0.303 e. The molecule has 5 nitrogen and oxygen atoms in total. The van der Waals surface area contributed by atoms with Crippen molar-refractivity contribution >= 4 is 11.9 Å². The van der Waals surface area contributed by atoms with E-state index in [1.807, 2.05) is 6.92 Å². The van der Waals surface area contributed by atoms with Crippen LogP contribution in [0, 0.1) is 0 Å². The summed E-state index contributed by atoms with van der Waals surface area (Å²) in [5.41, 5.74) is 5.54. The first-order valence-corrected chi connectivity index (χ1v) is 4.71. The Morgan fingerprint density at radius 2 is 2.07 bits per heavy atom. The van der Waals surface area contributed by atoms with Crippen molar-refractivity contribution < 1.29 is 14.7 Å². The fourth-order valence-corrected chi connectivity index (χ4v) is 1.04. The van der Waals surface area contributed by atoms with Crippen LogP contribution in [0.3, 0.4) is 0 Å². The first-order chi connectivity index (χ1) is 6.49. The molecule has 3 N–H and O–H groups in total. The number of likely N-dealkylation sites (N-methyl/N-ethyl adjacent to an activating group) is 1. The molecule has 0 aromatic heterocycles. The van der Waals surface area contributed by atoms with E-state index in [0.29, 0.717) is 19.4 Å². The van der Waals surface area contributed by atoms with Crippen LogP contribution in [-0.2, 0) is 9.59 Å². The lowest BCUT2D eigenvalue weighted by atomic mass is 10.2. The number of carboxylic acid groups (broad SMARTS) is 1. The van der Waals surface area contributed by atoms with Gasteiger partial charge in [-0.3, -0.25) is 9.59 Å². The number of amides is 1. The van der Waals surface area contributed by atoms with Crippen LogP contribution >= 0.6 is 0 Å². The van der Waals surface area contributed by atoms with Gasteiger partial charge in [0, 0.05) is 20.0 Å². The maximum absolute atomic E-state index is 11.4. The number of hydrogen-bond donors (Lipinski definition) is 2. The van der Waals surface area contributed by atoms with Crippen LogP contribution in [0.5, 0.6) is 0 Å². The summed E-state index contributed by atoms with van der Waals surface area (Å²) < 4.78 is 0. The molecule has 0 radical (unpaired) electrons. The van der Waals surface area contributed by atoms with Gasteiger partial charge in [-0.25, -0.2) is 0 Å². The van der Waals surface area contributed by atoms with Crippen molar-refractivity contribution in [3.63, 3.8) is 0 Å². The molecule has 5 heteroatoms. The van der Waals surface area contributed by atoms with Crippen LogP contribution in [0.2, 0.25) is 0 Å². The zero-order chi connectivity index (χ0) is 11.1. The average molecular weight is 202 g/mol. The highest BCUT2D eigenvalue weighted by molar-refractivity contribution is 5.81. The Kier molecular flexibility index (Phi) is 5.87. The normalized spacial score (nSPS) is 12.2. The van der Waals surface area contributed by atoms with E-state index in [4.69, 9.17) is 10.8 Å². The van der Waals surface area contributed by atoms with Crippen LogP contribution in [0.15, 0.2) is 0 Å². The molecule has 0 heterocycles. The zero-order valence-corrected chi connectivity index (χ0v) is 8.69. The minimum atomic E-state index is -0.842. The highest BCUT2D eigenvalue weighted by Crippen LogP contribution is 1.97. The molecule has 0 saturated heterocycles. The zero-order valence-electron chi connectivity index (χ0n) is 8.69. The summed E-state index contributed by atoms with van der Waals surface area (Å²) in [5, 5.41) is 8.39. The number of hydrogen-bond acceptors (Lipinski definition) is 3. The SMILES string of the molecule is CC[C@H](N)C(=O)N(C)CCCC(=O)O. The van der Waals surface area contributed by atoms with E-state index < -0.39 is 12.0 Å². The molecule has 0 spiro atoms. The Hall–Kier alpha value is -1.10. The summed E-state index contributed by atoms with van der Waals surface area (Å²) in [7, 11) is 1.64. The Morgan fingerprint density at radius 1 is 1.50 bits per heavy atom. The summed E-state index contributed by atoms with van der Waals surface area (Å²) in [4.78, 5) is 23.1. The van der Waals surface area contributed by atoms with Gasteiger partial charge in [0.05, 0.1) is 6.04 Å². The highest BCUT2D eigenvalue weighted by atomic mass is 16.4. The molecule has 0 saturated carbocycles. The van der Waals surface area contributed by atoms with E-state index in [-0.39, 0.29) is 12.3 Å². The summed E-state index contributed by atoms with van der Waals surface area (Å²) in [6.45, 7) is 2.28. The Labute approximate surface area is 83.9 Å². The van der Waals surface area contributed by atoms with Crippen molar-refractivity contribution in [3.05, 3.63) is 0 Å². The van der Waals surface area contributed by atoms with Crippen LogP contribution < -0.4 is 5.73 Å². The number of aliphatic carboxylic acids is 1. The van der Waals surface area contributed by atoms with Crippen LogP contribution in [0.1, 0.15) is 26.2 Å². The van der Waals surface area contributed by atoms with Crippen LogP contribution in [0.25, 0.3) is 0 Å². The van der Waals surface area contributed by atoms with Gasteiger partial charge in [0.15, 0.2) is 0 Å². The third kappa shape index (κ3) is 4.81. The van der Waals surface area contributed by atoms with Gasteiger partial charge in [0.1, 0.15) is 0 Å². The number of carbonyl (C=O) groups excluding carboxylic acids is 1. The summed E-state index contributed by atoms with van der Waals surface area (Å²) >= 11 is 0. The van der Waals surface area contributed by atoms with Crippen molar-refractivity contribution in [2.24, 2.45) is 5.73 Å². The standard InChI is InChI=1S/C9H18N2O3/c1-3-7(10)9(14)11(2)6-4-5-8(12)13/h7H,3-6,10H2,1-2H3,(H,12,13)/t7-/m0/s1. The van der Waals surface area contributed by atoms with E-state index in [1.165, 1.54) is 4.90 Å². The third-order valence-electron chi connectivity index (χ3n) is 2.02. The Bertz CT molecular complexity index is 206. The molecule has 0 aliphatic carbocycles. The van der Waals surface area contributed by atoms with Gasteiger partial charge in [-0.2, -0.15) is 0 Å². The van der Waals surface area contributed by atoms with E-state index in [0.717, 1.165) is 0 Å². The lowest BCUT2D eigenvalue weighted by molar-refractivity contribution is -0.138. The van der Waals surface area contributed by atoms with E-state index in [1.54, 1.807) is 7.05 Å². The Morgan fingerprint density at radius 3 is 2.50 bits per heavy atom. The fourth-order valence-electron chi connectivity index (χ4n) is 1.04. The second-order valence-corrected chi connectivity index (χ2v) is 3.27. The molecule has 0 rings (SSSR count). The average Bonchev–Trinajstić information content (AvgIpc) is 2.14. The number of rotatable bonds is 6. The van der Waals surface area contributed by atoms with Crippen LogP contribution in [0.4, 0.5) is 0 Å². The van der Waals surface area contributed by atoms with Gasteiger partial charge in [0.2, 0.25) is 5.91 Å². The molecule has 14 heavy (non-hydrogen) atoms. The molecule has 1 amide bonds. The second-order valence-electron chi connectivity index (χ2n) is 3.27. The minimum absolute atomic E-state index is 0.0823. The predicted octanol–water partition coefficient (Wildman–Crippen LogP) is 0.0469. The lowest BCUT2D eigenvalue weighted by Gasteiger charge is -2.19. The van der Waals surface area contributed by atoms with Crippen molar-refractivity contribution in [3.8, 4) is 0 Å². The second kappa shape index (κ2) is 6.37. The molecular formula is C9H18N2O3. The van der Waals surface area contributed by atoms with E-state index in [9.17, 15) is 9.59 Å². The third-order valence-corrected chi connectivity index (χ3v) is 2.02. The topological polar surface area (TPSA) is 83.6 Å². The molecule has 0 aromatic carbocycles. The maximum atomic E-state index is 11.4. The lowest BCUT2D eigenvalue weighted by Crippen LogP contribution is -2.41. The fraction of sp³-hybridized carbons (Fsp3) is 0.778. The molecule has 0 bridgehead atoms. The molecule has 82 valence electrons. The van der Waals surface area contributed by atoms with Gasteiger partial charge in [0.25, 0.3) is 0 Å². The largest absolute Gasteiger partial charge is 0.481 e. The van der Waals surface area contributed by atoms with Gasteiger partial charge in [-0.15, -0.1) is 0 Å². The monoisotopic (exact) mass is 202 g/mol. The van der Waals surface area contributed by atoms with Gasteiger partial charge >= 0.3 is 5.97 Å². The number of nitrogens with two attached hydrogens (primary N) is 1. The van der Waals surface area contributed by atoms with Gasteiger partial charge in [-0.05, 0) is 12.8 Å². The van der Waals surface area contributed by atoms with Gasteiger partial charge in [-0.1, -0.05) is 6.92 Å². The van der Waals surface area contributed by atoms with Gasteiger partial charge < -0.3 is 15.7 Å². The quantitative estimate of drug-likeness (QED) is 0.637.